The number of halogens is 3. The van der Waals surface area contributed by atoms with Gasteiger partial charge in [0.2, 0.25) is 0 Å². The molecule has 0 spiro atoms. The predicted octanol–water partition coefficient (Wildman–Crippen LogP) is 2.90. The van der Waals surface area contributed by atoms with Gasteiger partial charge >= 0.3 is 12.1 Å². The molecule has 0 radical (unpaired) electrons. The zero-order valence-corrected chi connectivity index (χ0v) is 8.75. The largest absolute Gasteiger partial charge is 0.478 e. The molecule has 0 fully saturated rings. The second kappa shape index (κ2) is 3.51. The Morgan fingerprint density at radius 3 is 2.53 bits per heavy atom. The summed E-state index contributed by atoms with van der Waals surface area (Å²) >= 11 is 0. The average Bonchev–Trinajstić information content (AvgIpc) is 2.55. The van der Waals surface area contributed by atoms with Gasteiger partial charge in [0, 0.05) is 24.1 Å². The van der Waals surface area contributed by atoms with Crippen LogP contribution in [0.4, 0.5) is 13.2 Å². The molecule has 3 nitrogen and oxygen atoms in total. The Kier molecular flexibility index (Phi) is 2.38. The molecule has 0 aliphatic carbocycles. The fourth-order valence-electron chi connectivity index (χ4n) is 1.73. The molecule has 90 valence electrons. The molecule has 0 atom stereocenters. The number of hydrogen-bond donors (Lipinski definition) is 1. The Balaban J connectivity index is 2.72. The second-order valence-corrected chi connectivity index (χ2v) is 3.69. The first-order valence-electron chi connectivity index (χ1n) is 4.70. The number of benzene rings is 1. The fourth-order valence-corrected chi connectivity index (χ4v) is 1.73. The third-order valence-corrected chi connectivity index (χ3v) is 2.55. The van der Waals surface area contributed by atoms with Crippen LogP contribution in [0.25, 0.3) is 10.9 Å². The number of carboxylic acid groups (broad SMARTS) is 1. The lowest BCUT2D eigenvalue weighted by Crippen LogP contribution is -2.04. The van der Waals surface area contributed by atoms with Crippen LogP contribution in [-0.2, 0) is 13.2 Å². The van der Waals surface area contributed by atoms with Crippen molar-refractivity contribution in [2.24, 2.45) is 7.05 Å². The summed E-state index contributed by atoms with van der Waals surface area (Å²) in [6.45, 7) is 0. The van der Waals surface area contributed by atoms with Crippen LogP contribution in [0.1, 0.15) is 15.9 Å². The number of nitrogens with zero attached hydrogens (tertiary/aromatic N) is 1. The molecule has 0 aliphatic rings. The molecule has 2 rings (SSSR count). The monoisotopic (exact) mass is 243 g/mol. The number of aromatic nitrogens is 1. The number of alkyl halides is 3. The highest BCUT2D eigenvalue weighted by atomic mass is 19.4. The number of carbonyl (C=O) groups is 1. The summed E-state index contributed by atoms with van der Waals surface area (Å²) in [6, 6.07) is 3.01. The van der Waals surface area contributed by atoms with Crippen molar-refractivity contribution in [1.82, 2.24) is 4.57 Å². The normalized spacial score (nSPS) is 12.0. The molecule has 6 heteroatoms. The number of fused-ring (bicyclic) bond motifs is 1. The van der Waals surface area contributed by atoms with Gasteiger partial charge in [-0.2, -0.15) is 13.2 Å². The zero-order chi connectivity index (χ0) is 12.8. The van der Waals surface area contributed by atoms with Gasteiger partial charge in [0.15, 0.2) is 0 Å². The smallest absolute Gasteiger partial charge is 0.416 e. The van der Waals surface area contributed by atoms with Crippen LogP contribution in [0.15, 0.2) is 24.4 Å². The van der Waals surface area contributed by atoms with Gasteiger partial charge in [-0.3, -0.25) is 0 Å². The Morgan fingerprint density at radius 2 is 2.00 bits per heavy atom. The van der Waals surface area contributed by atoms with Crippen molar-refractivity contribution in [2.45, 2.75) is 6.18 Å². The van der Waals surface area contributed by atoms with Crippen molar-refractivity contribution in [3.63, 3.8) is 0 Å². The van der Waals surface area contributed by atoms with E-state index in [4.69, 9.17) is 5.11 Å². The first-order valence-corrected chi connectivity index (χ1v) is 4.70. The van der Waals surface area contributed by atoms with Gasteiger partial charge in [-0.1, -0.05) is 6.07 Å². The van der Waals surface area contributed by atoms with Crippen molar-refractivity contribution < 1.29 is 23.1 Å². The summed E-state index contributed by atoms with van der Waals surface area (Å²) in [5.41, 5.74) is -0.545. The van der Waals surface area contributed by atoms with E-state index in [9.17, 15) is 18.0 Å². The van der Waals surface area contributed by atoms with Crippen LogP contribution >= 0.6 is 0 Å². The SMILES string of the molecule is Cn1cc(C(=O)O)c2ccc(C(F)(F)F)cc21. The molecule has 0 saturated heterocycles. The van der Waals surface area contributed by atoms with Crippen LogP contribution in [-0.4, -0.2) is 15.6 Å². The molecular weight excluding hydrogens is 235 g/mol. The minimum absolute atomic E-state index is 0.00350. The molecule has 2 aromatic rings. The zero-order valence-electron chi connectivity index (χ0n) is 8.75. The molecule has 1 aromatic heterocycles. The van der Waals surface area contributed by atoms with E-state index in [-0.39, 0.29) is 11.1 Å². The van der Waals surface area contributed by atoms with Crippen molar-refractivity contribution >= 4 is 16.9 Å². The standard InChI is InChI=1S/C11H8F3NO2/c1-15-5-8(10(16)17)7-3-2-6(4-9(7)15)11(12,13)14/h2-5H,1H3,(H,16,17). The maximum absolute atomic E-state index is 12.5. The van der Waals surface area contributed by atoms with Crippen molar-refractivity contribution in [3.05, 3.63) is 35.5 Å². The highest BCUT2D eigenvalue weighted by Gasteiger charge is 2.31. The summed E-state index contributed by atoms with van der Waals surface area (Å²) in [4.78, 5) is 10.9. The lowest BCUT2D eigenvalue weighted by atomic mass is 10.1. The van der Waals surface area contributed by atoms with Crippen molar-refractivity contribution in [3.8, 4) is 0 Å². The number of hydrogen-bond acceptors (Lipinski definition) is 1. The molecule has 17 heavy (non-hydrogen) atoms. The van der Waals surface area contributed by atoms with Crippen LogP contribution in [0.2, 0.25) is 0 Å². The van der Waals surface area contributed by atoms with E-state index < -0.39 is 17.7 Å². The van der Waals surface area contributed by atoms with Crippen molar-refractivity contribution in [1.29, 1.82) is 0 Å². The first-order chi connectivity index (χ1) is 7.80. The van der Waals surface area contributed by atoms with E-state index in [2.05, 4.69) is 0 Å². The van der Waals surface area contributed by atoms with Gasteiger partial charge in [-0.25, -0.2) is 4.79 Å². The number of carboxylic acids is 1. The van der Waals surface area contributed by atoms with Crippen LogP contribution in [0.3, 0.4) is 0 Å². The minimum atomic E-state index is -4.43. The Hall–Kier alpha value is -1.98. The van der Waals surface area contributed by atoms with Gasteiger partial charge in [-0.05, 0) is 12.1 Å². The summed E-state index contributed by atoms with van der Waals surface area (Å²) < 4.78 is 38.8. The van der Waals surface area contributed by atoms with Gasteiger partial charge in [0.05, 0.1) is 11.1 Å². The molecule has 0 unspecified atom stereocenters. The number of aromatic carboxylic acids is 1. The summed E-state index contributed by atoms with van der Waals surface area (Å²) in [6.07, 6.45) is -3.13. The van der Waals surface area contributed by atoms with E-state index in [0.717, 1.165) is 12.1 Å². The van der Waals surface area contributed by atoms with E-state index in [0.29, 0.717) is 5.39 Å². The highest BCUT2D eigenvalue weighted by molar-refractivity contribution is 6.03. The Morgan fingerprint density at radius 1 is 1.35 bits per heavy atom. The summed E-state index contributed by atoms with van der Waals surface area (Å²) in [5.74, 6) is -1.16. The second-order valence-electron chi connectivity index (χ2n) is 3.69. The van der Waals surface area contributed by atoms with Crippen LogP contribution in [0.5, 0.6) is 0 Å². The minimum Gasteiger partial charge on any atom is -0.478 e. The fraction of sp³-hybridized carbons (Fsp3) is 0.182. The quantitative estimate of drug-likeness (QED) is 0.836. The third-order valence-electron chi connectivity index (χ3n) is 2.55. The summed E-state index contributed by atoms with van der Waals surface area (Å²) in [7, 11) is 1.51. The van der Waals surface area contributed by atoms with E-state index in [1.165, 1.54) is 23.9 Å². The van der Waals surface area contributed by atoms with E-state index >= 15 is 0 Å². The lowest BCUT2D eigenvalue weighted by molar-refractivity contribution is -0.137. The molecule has 1 aromatic carbocycles. The van der Waals surface area contributed by atoms with Crippen LogP contribution in [0, 0.1) is 0 Å². The number of rotatable bonds is 1. The van der Waals surface area contributed by atoms with E-state index in [1.807, 2.05) is 0 Å². The molecule has 0 amide bonds. The number of aryl methyl sites for hydroxylation is 1. The summed E-state index contributed by atoms with van der Waals surface area (Å²) in [5, 5.41) is 9.19. The van der Waals surface area contributed by atoms with Gasteiger partial charge in [-0.15, -0.1) is 0 Å². The molecule has 0 aliphatic heterocycles. The maximum Gasteiger partial charge on any atom is 0.416 e. The van der Waals surface area contributed by atoms with Gasteiger partial charge in [0.25, 0.3) is 0 Å². The van der Waals surface area contributed by atoms with Crippen LogP contribution < -0.4 is 0 Å². The molecular formula is C11H8F3NO2. The van der Waals surface area contributed by atoms with E-state index in [1.54, 1.807) is 0 Å². The first kappa shape index (κ1) is 11.5. The average molecular weight is 243 g/mol. The Bertz CT molecular complexity index is 599. The third kappa shape index (κ3) is 1.86. The maximum atomic E-state index is 12.5. The highest BCUT2D eigenvalue weighted by Crippen LogP contribution is 2.32. The molecule has 1 N–H and O–H groups in total. The Labute approximate surface area is 94.1 Å². The molecule has 0 bridgehead atoms. The van der Waals surface area contributed by atoms with Crippen molar-refractivity contribution in [2.75, 3.05) is 0 Å². The topological polar surface area (TPSA) is 42.2 Å². The molecule has 0 saturated carbocycles. The lowest BCUT2D eigenvalue weighted by Gasteiger charge is -2.06. The van der Waals surface area contributed by atoms with Gasteiger partial charge in [0.1, 0.15) is 0 Å². The molecule has 1 heterocycles. The predicted molar refractivity (Wildman–Crippen MR) is 54.9 cm³/mol. The van der Waals surface area contributed by atoms with Gasteiger partial charge < -0.3 is 9.67 Å².